The van der Waals surface area contributed by atoms with Gasteiger partial charge in [-0.3, -0.25) is 0 Å². The maximum atomic E-state index is 12.0. The average Bonchev–Trinajstić information content (AvgIpc) is 2.65. The highest BCUT2D eigenvalue weighted by molar-refractivity contribution is 7.09. The van der Waals surface area contributed by atoms with E-state index in [2.05, 4.69) is 31.1 Å². The summed E-state index contributed by atoms with van der Waals surface area (Å²) in [6.45, 7) is 6.49. The SMILES string of the molecule is CC(C)(C)c1nc(CNCC(O)C(F)F)cs1. The fraction of sp³-hybridized carbons (Fsp3) is 0.727. The van der Waals surface area contributed by atoms with E-state index in [0.717, 1.165) is 10.7 Å². The van der Waals surface area contributed by atoms with Crippen LogP contribution in [-0.4, -0.2) is 29.2 Å². The molecule has 1 aromatic heterocycles. The molecule has 1 rings (SSSR count). The Labute approximate surface area is 104 Å². The number of alkyl halides is 2. The summed E-state index contributed by atoms with van der Waals surface area (Å²) in [6, 6.07) is 0. The molecule has 0 radical (unpaired) electrons. The second-order valence-corrected chi connectivity index (χ2v) is 5.78. The number of aliphatic hydroxyl groups excluding tert-OH is 1. The molecule has 0 aliphatic heterocycles. The van der Waals surface area contributed by atoms with E-state index in [1.165, 1.54) is 0 Å². The minimum Gasteiger partial charge on any atom is -0.386 e. The first-order valence-corrected chi connectivity index (χ1v) is 6.30. The smallest absolute Gasteiger partial charge is 0.265 e. The molecule has 2 N–H and O–H groups in total. The quantitative estimate of drug-likeness (QED) is 0.856. The van der Waals surface area contributed by atoms with Gasteiger partial charge < -0.3 is 10.4 Å². The van der Waals surface area contributed by atoms with E-state index >= 15 is 0 Å². The van der Waals surface area contributed by atoms with Crippen LogP contribution < -0.4 is 5.32 Å². The Balaban J connectivity index is 2.41. The third-order valence-electron chi connectivity index (χ3n) is 2.14. The minimum atomic E-state index is -2.71. The van der Waals surface area contributed by atoms with Crippen LogP contribution in [0.15, 0.2) is 5.38 Å². The summed E-state index contributed by atoms with van der Waals surface area (Å²) < 4.78 is 24.0. The molecule has 3 nitrogen and oxygen atoms in total. The average molecular weight is 264 g/mol. The zero-order chi connectivity index (χ0) is 13.1. The Morgan fingerprint density at radius 3 is 2.59 bits per heavy atom. The summed E-state index contributed by atoms with van der Waals surface area (Å²) in [7, 11) is 0. The monoisotopic (exact) mass is 264 g/mol. The van der Waals surface area contributed by atoms with Gasteiger partial charge in [0.1, 0.15) is 6.10 Å². The Morgan fingerprint density at radius 1 is 1.47 bits per heavy atom. The molecule has 0 amide bonds. The summed E-state index contributed by atoms with van der Waals surface area (Å²) in [5.41, 5.74) is 0.826. The van der Waals surface area contributed by atoms with E-state index in [4.69, 9.17) is 5.11 Å². The molecule has 0 spiro atoms. The Hall–Kier alpha value is -0.590. The predicted molar refractivity (Wildman–Crippen MR) is 64.5 cm³/mol. The van der Waals surface area contributed by atoms with Gasteiger partial charge >= 0.3 is 0 Å². The van der Waals surface area contributed by atoms with Crippen LogP contribution in [0, 0.1) is 0 Å². The zero-order valence-electron chi connectivity index (χ0n) is 10.2. The predicted octanol–water partition coefficient (Wildman–Crippen LogP) is 2.16. The van der Waals surface area contributed by atoms with Crippen molar-refractivity contribution in [3.63, 3.8) is 0 Å². The number of nitrogens with one attached hydrogen (secondary N) is 1. The van der Waals surface area contributed by atoms with Gasteiger partial charge in [-0.15, -0.1) is 11.3 Å². The summed E-state index contributed by atoms with van der Waals surface area (Å²) >= 11 is 1.56. The number of aliphatic hydroxyl groups is 1. The van der Waals surface area contributed by atoms with Gasteiger partial charge in [-0.05, 0) is 0 Å². The number of hydrogen-bond donors (Lipinski definition) is 2. The topological polar surface area (TPSA) is 45.2 Å². The first kappa shape index (κ1) is 14.5. The van der Waals surface area contributed by atoms with E-state index in [1.807, 2.05) is 5.38 Å². The van der Waals surface area contributed by atoms with Gasteiger partial charge in [0, 0.05) is 23.9 Å². The molecule has 1 unspecified atom stereocenters. The van der Waals surface area contributed by atoms with Crippen molar-refractivity contribution in [2.75, 3.05) is 6.54 Å². The lowest BCUT2D eigenvalue weighted by atomic mass is 9.98. The van der Waals surface area contributed by atoms with Crippen molar-refractivity contribution < 1.29 is 13.9 Å². The largest absolute Gasteiger partial charge is 0.386 e. The second kappa shape index (κ2) is 5.84. The number of halogens is 2. The van der Waals surface area contributed by atoms with E-state index in [0.29, 0.717) is 6.54 Å². The van der Waals surface area contributed by atoms with Crippen LogP contribution >= 0.6 is 11.3 Å². The van der Waals surface area contributed by atoms with Crippen LogP contribution in [0.1, 0.15) is 31.5 Å². The van der Waals surface area contributed by atoms with Gasteiger partial charge in [0.25, 0.3) is 6.43 Å². The van der Waals surface area contributed by atoms with Crippen molar-refractivity contribution in [2.24, 2.45) is 0 Å². The van der Waals surface area contributed by atoms with Gasteiger partial charge in [0.15, 0.2) is 0 Å². The number of aromatic nitrogens is 1. The molecule has 1 atom stereocenters. The lowest BCUT2D eigenvalue weighted by Gasteiger charge is -2.13. The van der Waals surface area contributed by atoms with E-state index < -0.39 is 12.5 Å². The Kier molecular flexibility index (Phi) is 4.97. The highest BCUT2D eigenvalue weighted by Gasteiger charge is 2.18. The van der Waals surface area contributed by atoms with Gasteiger partial charge in [0.05, 0.1) is 10.7 Å². The van der Waals surface area contributed by atoms with Crippen molar-refractivity contribution in [1.82, 2.24) is 10.3 Å². The van der Waals surface area contributed by atoms with Crippen LogP contribution in [0.3, 0.4) is 0 Å². The highest BCUT2D eigenvalue weighted by Crippen LogP contribution is 2.25. The molecule has 1 heterocycles. The van der Waals surface area contributed by atoms with Gasteiger partial charge in [0.2, 0.25) is 0 Å². The third kappa shape index (κ3) is 4.65. The van der Waals surface area contributed by atoms with Gasteiger partial charge in [-0.25, -0.2) is 13.8 Å². The number of nitrogens with zero attached hydrogens (tertiary/aromatic N) is 1. The van der Waals surface area contributed by atoms with Crippen molar-refractivity contribution >= 4 is 11.3 Å². The van der Waals surface area contributed by atoms with E-state index in [-0.39, 0.29) is 12.0 Å². The number of thiazole rings is 1. The molecular weight excluding hydrogens is 246 g/mol. The molecule has 0 aliphatic rings. The Morgan fingerprint density at radius 2 is 2.12 bits per heavy atom. The molecule has 0 saturated heterocycles. The molecule has 0 saturated carbocycles. The van der Waals surface area contributed by atoms with Crippen molar-refractivity contribution in [1.29, 1.82) is 0 Å². The molecule has 0 aromatic carbocycles. The Bertz CT molecular complexity index is 349. The van der Waals surface area contributed by atoms with Crippen LogP contribution in [0.4, 0.5) is 8.78 Å². The van der Waals surface area contributed by atoms with Crippen molar-refractivity contribution in [2.45, 2.75) is 45.3 Å². The van der Waals surface area contributed by atoms with Crippen LogP contribution in [0.5, 0.6) is 0 Å². The lowest BCUT2D eigenvalue weighted by Crippen LogP contribution is -2.31. The summed E-state index contributed by atoms with van der Waals surface area (Å²) in [6.07, 6.45) is -4.32. The molecular formula is C11H18F2N2OS. The fourth-order valence-electron chi connectivity index (χ4n) is 1.17. The number of hydrogen-bond acceptors (Lipinski definition) is 4. The molecule has 0 bridgehead atoms. The normalized spacial score (nSPS) is 14.3. The standard InChI is InChI=1S/C11H18F2N2OS/c1-11(2,3)10-15-7(6-17-10)4-14-5-8(16)9(12)13/h6,8-9,14,16H,4-5H2,1-3H3. The van der Waals surface area contributed by atoms with Crippen molar-refractivity contribution in [3.8, 4) is 0 Å². The summed E-state index contributed by atoms with van der Waals surface area (Å²) in [4.78, 5) is 4.41. The maximum absolute atomic E-state index is 12.0. The molecule has 17 heavy (non-hydrogen) atoms. The molecule has 6 heteroatoms. The highest BCUT2D eigenvalue weighted by atomic mass is 32.1. The molecule has 0 fully saturated rings. The first-order valence-electron chi connectivity index (χ1n) is 5.42. The molecule has 98 valence electrons. The maximum Gasteiger partial charge on any atom is 0.265 e. The third-order valence-corrected chi connectivity index (χ3v) is 3.46. The van der Waals surface area contributed by atoms with Crippen LogP contribution in [0.25, 0.3) is 0 Å². The second-order valence-electron chi connectivity index (χ2n) is 4.93. The minimum absolute atomic E-state index is 0.00536. The molecule has 1 aromatic rings. The zero-order valence-corrected chi connectivity index (χ0v) is 11.0. The summed E-state index contributed by atoms with van der Waals surface area (Å²) in [5.74, 6) is 0. The van der Waals surface area contributed by atoms with Crippen molar-refractivity contribution in [3.05, 3.63) is 16.1 Å². The molecule has 0 aliphatic carbocycles. The summed E-state index contributed by atoms with van der Waals surface area (Å²) in [5, 5.41) is 14.6. The first-order chi connectivity index (χ1) is 7.80. The number of rotatable bonds is 5. The van der Waals surface area contributed by atoms with E-state index in [1.54, 1.807) is 11.3 Å². The van der Waals surface area contributed by atoms with E-state index in [9.17, 15) is 8.78 Å². The van der Waals surface area contributed by atoms with Gasteiger partial charge in [-0.2, -0.15) is 0 Å². The van der Waals surface area contributed by atoms with Crippen LogP contribution in [0.2, 0.25) is 0 Å². The fourth-order valence-corrected chi connectivity index (χ4v) is 2.08. The van der Waals surface area contributed by atoms with Gasteiger partial charge in [-0.1, -0.05) is 20.8 Å². The lowest BCUT2D eigenvalue weighted by molar-refractivity contribution is -0.00344. The van der Waals surface area contributed by atoms with Crippen LogP contribution in [-0.2, 0) is 12.0 Å².